The van der Waals surface area contributed by atoms with Crippen LogP contribution >= 0.6 is 12.6 Å². The van der Waals surface area contributed by atoms with Crippen molar-refractivity contribution in [3.05, 3.63) is 24.3 Å². The Morgan fingerprint density at radius 3 is 2.86 bits per heavy atom. The summed E-state index contributed by atoms with van der Waals surface area (Å²) in [5.74, 6) is 0.714. The molecule has 0 heterocycles. The van der Waals surface area contributed by atoms with E-state index in [9.17, 15) is 4.79 Å². The molecule has 0 aromatic heterocycles. The van der Waals surface area contributed by atoms with Crippen molar-refractivity contribution in [2.24, 2.45) is 0 Å². The van der Waals surface area contributed by atoms with Crippen molar-refractivity contribution in [3.63, 3.8) is 0 Å². The third kappa shape index (κ3) is 2.96. The van der Waals surface area contributed by atoms with E-state index in [1.807, 2.05) is 25.1 Å². The van der Waals surface area contributed by atoms with Gasteiger partial charge in [-0.2, -0.15) is 12.6 Å². The highest BCUT2D eigenvalue weighted by Crippen LogP contribution is 2.23. The number of hydrogen-bond donors (Lipinski definition) is 2. The Balaban J connectivity index is 2.78. The van der Waals surface area contributed by atoms with E-state index in [4.69, 9.17) is 4.74 Å². The summed E-state index contributed by atoms with van der Waals surface area (Å²) in [7, 11) is 0. The SMILES string of the molecule is CCOc1ccccc1NC(=O)CS. The van der Waals surface area contributed by atoms with Gasteiger partial charge in [-0.05, 0) is 19.1 Å². The van der Waals surface area contributed by atoms with Gasteiger partial charge in [-0.15, -0.1) is 0 Å². The maximum absolute atomic E-state index is 11.1. The largest absolute Gasteiger partial charge is 0.492 e. The van der Waals surface area contributed by atoms with Crippen molar-refractivity contribution in [3.8, 4) is 5.75 Å². The second kappa shape index (κ2) is 5.54. The van der Waals surface area contributed by atoms with Crippen LogP contribution < -0.4 is 10.1 Å². The molecule has 0 radical (unpaired) electrons. The van der Waals surface area contributed by atoms with Gasteiger partial charge < -0.3 is 10.1 Å². The van der Waals surface area contributed by atoms with E-state index in [1.54, 1.807) is 6.07 Å². The Kier molecular flexibility index (Phi) is 4.32. The number of benzene rings is 1. The summed E-state index contributed by atoms with van der Waals surface area (Å²) in [4.78, 5) is 11.1. The number of hydrogen-bond acceptors (Lipinski definition) is 3. The van der Waals surface area contributed by atoms with Gasteiger partial charge in [0.15, 0.2) is 0 Å². The van der Waals surface area contributed by atoms with Crippen LogP contribution in [-0.2, 0) is 4.79 Å². The van der Waals surface area contributed by atoms with Crippen molar-refractivity contribution >= 4 is 24.2 Å². The molecule has 1 amide bonds. The summed E-state index contributed by atoms with van der Waals surface area (Å²) in [6.07, 6.45) is 0. The molecule has 14 heavy (non-hydrogen) atoms. The number of carbonyl (C=O) groups is 1. The molecule has 3 nitrogen and oxygen atoms in total. The average molecular weight is 211 g/mol. The second-order valence-corrected chi connectivity index (χ2v) is 2.95. The van der Waals surface area contributed by atoms with Crippen molar-refractivity contribution in [2.75, 3.05) is 17.7 Å². The van der Waals surface area contributed by atoms with Crippen molar-refractivity contribution < 1.29 is 9.53 Å². The number of carbonyl (C=O) groups excluding carboxylic acids is 1. The Morgan fingerprint density at radius 1 is 1.50 bits per heavy atom. The minimum Gasteiger partial charge on any atom is -0.492 e. The van der Waals surface area contributed by atoms with E-state index >= 15 is 0 Å². The molecule has 0 saturated heterocycles. The van der Waals surface area contributed by atoms with E-state index in [0.717, 1.165) is 0 Å². The fourth-order valence-electron chi connectivity index (χ4n) is 1.04. The molecule has 76 valence electrons. The predicted octanol–water partition coefficient (Wildman–Crippen LogP) is 1.95. The van der Waals surface area contributed by atoms with E-state index in [2.05, 4.69) is 17.9 Å². The van der Waals surface area contributed by atoms with E-state index in [-0.39, 0.29) is 11.7 Å². The summed E-state index contributed by atoms with van der Waals surface area (Å²) in [6.45, 7) is 2.48. The Hall–Kier alpha value is -1.16. The maximum Gasteiger partial charge on any atom is 0.234 e. The van der Waals surface area contributed by atoms with E-state index in [1.165, 1.54) is 0 Å². The summed E-state index contributed by atoms with van der Waals surface area (Å²) in [5.41, 5.74) is 0.688. The lowest BCUT2D eigenvalue weighted by Gasteiger charge is -2.09. The maximum atomic E-state index is 11.1. The van der Waals surface area contributed by atoms with Crippen LogP contribution in [0.15, 0.2) is 24.3 Å². The van der Waals surface area contributed by atoms with Crippen LogP contribution in [0.25, 0.3) is 0 Å². The summed E-state index contributed by atoms with van der Waals surface area (Å²) < 4.78 is 5.34. The zero-order chi connectivity index (χ0) is 10.4. The zero-order valence-electron chi connectivity index (χ0n) is 7.99. The summed E-state index contributed by atoms with van der Waals surface area (Å²) in [6, 6.07) is 7.32. The molecule has 0 atom stereocenters. The molecule has 0 unspecified atom stereocenters. The lowest BCUT2D eigenvalue weighted by atomic mass is 10.3. The number of amides is 1. The third-order valence-electron chi connectivity index (χ3n) is 1.60. The third-order valence-corrected chi connectivity index (χ3v) is 1.89. The fourth-order valence-corrected chi connectivity index (χ4v) is 1.12. The second-order valence-electron chi connectivity index (χ2n) is 2.64. The zero-order valence-corrected chi connectivity index (χ0v) is 8.88. The first-order valence-electron chi connectivity index (χ1n) is 4.40. The van der Waals surface area contributed by atoms with Crippen LogP contribution in [0.3, 0.4) is 0 Å². The minimum atomic E-state index is -0.138. The van der Waals surface area contributed by atoms with Gasteiger partial charge in [-0.1, -0.05) is 12.1 Å². The minimum absolute atomic E-state index is 0.138. The van der Waals surface area contributed by atoms with Gasteiger partial charge in [-0.3, -0.25) is 4.79 Å². The average Bonchev–Trinajstić information content (AvgIpc) is 2.21. The van der Waals surface area contributed by atoms with Crippen LogP contribution in [0.2, 0.25) is 0 Å². The lowest BCUT2D eigenvalue weighted by molar-refractivity contribution is -0.113. The quantitative estimate of drug-likeness (QED) is 0.747. The topological polar surface area (TPSA) is 38.3 Å². The molecule has 0 saturated carbocycles. The molecule has 4 heteroatoms. The molecule has 1 rings (SSSR count). The van der Waals surface area contributed by atoms with E-state index in [0.29, 0.717) is 18.0 Å². The number of ether oxygens (including phenoxy) is 1. The molecular weight excluding hydrogens is 198 g/mol. The smallest absolute Gasteiger partial charge is 0.234 e. The molecule has 0 aliphatic carbocycles. The highest BCUT2D eigenvalue weighted by molar-refractivity contribution is 7.81. The normalized spacial score (nSPS) is 9.57. The van der Waals surface area contributed by atoms with Crippen LogP contribution in [-0.4, -0.2) is 18.3 Å². The van der Waals surface area contributed by atoms with Gasteiger partial charge in [0, 0.05) is 0 Å². The molecule has 0 aliphatic heterocycles. The summed E-state index contributed by atoms with van der Waals surface area (Å²) >= 11 is 3.88. The highest BCUT2D eigenvalue weighted by Gasteiger charge is 2.04. The Bertz CT molecular complexity index is 315. The Labute approximate surface area is 88.9 Å². The Morgan fingerprint density at radius 2 is 2.21 bits per heavy atom. The van der Waals surface area contributed by atoms with Crippen molar-refractivity contribution in [2.45, 2.75) is 6.92 Å². The monoisotopic (exact) mass is 211 g/mol. The van der Waals surface area contributed by atoms with Crippen molar-refractivity contribution in [1.29, 1.82) is 0 Å². The first kappa shape index (κ1) is 10.9. The van der Waals surface area contributed by atoms with Crippen LogP contribution in [0.4, 0.5) is 5.69 Å². The standard InChI is InChI=1S/C10H13NO2S/c1-2-13-9-6-4-3-5-8(9)11-10(12)7-14/h3-6,14H,2,7H2,1H3,(H,11,12). The molecule has 0 fully saturated rings. The van der Waals surface area contributed by atoms with Gasteiger partial charge in [-0.25, -0.2) is 0 Å². The first-order valence-corrected chi connectivity index (χ1v) is 5.03. The molecular formula is C10H13NO2S. The molecule has 0 spiro atoms. The van der Waals surface area contributed by atoms with Gasteiger partial charge in [0.25, 0.3) is 0 Å². The molecule has 1 aromatic carbocycles. The van der Waals surface area contributed by atoms with E-state index < -0.39 is 0 Å². The van der Waals surface area contributed by atoms with Gasteiger partial charge in [0.05, 0.1) is 18.0 Å². The van der Waals surface area contributed by atoms with Gasteiger partial charge >= 0.3 is 0 Å². The van der Waals surface area contributed by atoms with Gasteiger partial charge in [0.2, 0.25) is 5.91 Å². The number of para-hydroxylation sites is 2. The lowest BCUT2D eigenvalue weighted by Crippen LogP contribution is -2.13. The number of anilines is 1. The van der Waals surface area contributed by atoms with Crippen molar-refractivity contribution in [1.82, 2.24) is 0 Å². The molecule has 0 bridgehead atoms. The molecule has 0 aliphatic rings. The number of nitrogens with one attached hydrogen (secondary N) is 1. The highest BCUT2D eigenvalue weighted by atomic mass is 32.1. The van der Waals surface area contributed by atoms with Crippen LogP contribution in [0, 0.1) is 0 Å². The number of thiol groups is 1. The van der Waals surface area contributed by atoms with Crippen LogP contribution in [0.1, 0.15) is 6.92 Å². The first-order chi connectivity index (χ1) is 6.77. The fraction of sp³-hybridized carbons (Fsp3) is 0.300. The molecule has 1 N–H and O–H groups in total. The number of rotatable bonds is 4. The van der Waals surface area contributed by atoms with Gasteiger partial charge in [0.1, 0.15) is 5.75 Å². The molecule has 1 aromatic rings. The predicted molar refractivity (Wildman–Crippen MR) is 60.1 cm³/mol. The van der Waals surface area contributed by atoms with Crippen LogP contribution in [0.5, 0.6) is 5.75 Å². The summed E-state index contributed by atoms with van der Waals surface area (Å²) in [5, 5.41) is 2.70.